The van der Waals surface area contributed by atoms with Gasteiger partial charge in [0.05, 0.1) is 5.75 Å². The first-order chi connectivity index (χ1) is 9.87. The van der Waals surface area contributed by atoms with Crippen molar-refractivity contribution in [2.45, 2.75) is 19.3 Å². The fourth-order valence-electron chi connectivity index (χ4n) is 1.93. The molecule has 21 heavy (non-hydrogen) atoms. The van der Waals surface area contributed by atoms with E-state index in [0.29, 0.717) is 25.1 Å². The van der Waals surface area contributed by atoms with Crippen LogP contribution in [0.25, 0.3) is 0 Å². The molecule has 0 saturated carbocycles. The van der Waals surface area contributed by atoms with Gasteiger partial charge in [0.1, 0.15) is 15.7 Å². The number of hydrogen-bond donors (Lipinski definition) is 1. The van der Waals surface area contributed by atoms with Gasteiger partial charge in [-0.05, 0) is 25.1 Å². The third-order valence-electron chi connectivity index (χ3n) is 2.95. The standard InChI is InChI=1S/C14H22FNO4S/c1-19-14(20-2)11-5-6-13(15)12(9-11)10-16-7-4-8-21(3,17)18/h5-6,9,14,16H,4,7-8,10H2,1-3H3. The molecule has 0 aliphatic heterocycles. The summed E-state index contributed by atoms with van der Waals surface area (Å²) in [7, 11) is 0.0798. The van der Waals surface area contributed by atoms with Crippen LogP contribution in [-0.2, 0) is 25.9 Å². The monoisotopic (exact) mass is 319 g/mol. The number of methoxy groups -OCH3 is 2. The Bertz CT molecular complexity index is 544. The number of halogens is 1. The van der Waals surface area contributed by atoms with Gasteiger partial charge in [0.25, 0.3) is 0 Å². The zero-order valence-corrected chi connectivity index (χ0v) is 13.4. The van der Waals surface area contributed by atoms with Crippen molar-refractivity contribution in [3.05, 3.63) is 35.1 Å². The molecule has 7 heteroatoms. The first kappa shape index (κ1) is 18.0. The van der Waals surface area contributed by atoms with E-state index in [9.17, 15) is 12.8 Å². The first-order valence-corrected chi connectivity index (χ1v) is 8.66. The van der Waals surface area contributed by atoms with Crippen molar-refractivity contribution in [1.29, 1.82) is 0 Å². The lowest BCUT2D eigenvalue weighted by Gasteiger charge is -2.15. The van der Waals surface area contributed by atoms with Gasteiger partial charge < -0.3 is 14.8 Å². The summed E-state index contributed by atoms with van der Waals surface area (Å²) in [5, 5.41) is 3.03. The molecule has 0 bridgehead atoms. The van der Waals surface area contributed by atoms with Crippen LogP contribution in [0.15, 0.2) is 18.2 Å². The first-order valence-electron chi connectivity index (χ1n) is 6.59. The van der Waals surface area contributed by atoms with Crippen LogP contribution in [0.2, 0.25) is 0 Å². The molecule has 1 aromatic carbocycles. The molecular formula is C14H22FNO4S. The van der Waals surface area contributed by atoms with Gasteiger partial charge in [0.2, 0.25) is 0 Å². The van der Waals surface area contributed by atoms with Crippen molar-refractivity contribution in [2.24, 2.45) is 0 Å². The second-order valence-corrected chi connectivity index (χ2v) is 7.07. The molecule has 0 heterocycles. The third-order valence-corrected chi connectivity index (χ3v) is 3.98. The van der Waals surface area contributed by atoms with E-state index in [4.69, 9.17) is 9.47 Å². The Balaban J connectivity index is 2.56. The highest BCUT2D eigenvalue weighted by molar-refractivity contribution is 7.90. The van der Waals surface area contributed by atoms with Crippen molar-refractivity contribution in [3.8, 4) is 0 Å². The normalized spacial score (nSPS) is 12.0. The molecule has 0 unspecified atom stereocenters. The lowest BCUT2D eigenvalue weighted by molar-refractivity contribution is -0.106. The van der Waals surface area contributed by atoms with Crippen LogP contribution in [0.4, 0.5) is 4.39 Å². The predicted octanol–water partition coefficient (Wildman–Crippen LogP) is 1.64. The van der Waals surface area contributed by atoms with Gasteiger partial charge in [-0.1, -0.05) is 6.07 Å². The van der Waals surface area contributed by atoms with E-state index in [1.807, 2.05) is 0 Å². The quantitative estimate of drug-likeness (QED) is 0.554. The number of sulfone groups is 1. The Hall–Kier alpha value is -1.02. The maximum Gasteiger partial charge on any atom is 0.183 e. The van der Waals surface area contributed by atoms with E-state index in [0.717, 1.165) is 5.56 Å². The SMILES string of the molecule is COC(OC)c1ccc(F)c(CNCCCS(C)(=O)=O)c1. The lowest BCUT2D eigenvalue weighted by Crippen LogP contribution is -2.19. The average molecular weight is 319 g/mol. The maximum absolute atomic E-state index is 13.7. The molecule has 0 fully saturated rings. The fourth-order valence-corrected chi connectivity index (χ4v) is 2.60. The van der Waals surface area contributed by atoms with Crippen LogP contribution in [-0.4, -0.2) is 41.2 Å². The number of rotatable bonds is 9. The van der Waals surface area contributed by atoms with Crippen molar-refractivity contribution in [1.82, 2.24) is 5.32 Å². The van der Waals surface area contributed by atoms with Gasteiger partial charge in [-0.15, -0.1) is 0 Å². The largest absolute Gasteiger partial charge is 0.352 e. The zero-order chi connectivity index (χ0) is 15.9. The molecular weight excluding hydrogens is 297 g/mol. The van der Waals surface area contributed by atoms with Gasteiger partial charge in [-0.3, -0.25) is 0 Å². The molecule has 120 valence electrons. The van der Waals surface area contributed by atoms with Crippen LogP contribution in [0, 0.1) is 5.82 Å². The molecule has 5 nitrogen and oxygen atoms in total. The second kappa shape index (κ2) is 8.43. The summed E-state index contributed by atoms with van der Waals surface area (Å²) in [5.74, 6) is -0.196. The lowest BCUT2D eigenvalue weighted by atomic mass is 10.1. The zero-order valence-electron chi connectivity index (χ0n) is 12.6. The van der Waals surface area contributed by atoms with Gasteiger partial charge in [0, 0.05) is 38.1 Å². The predicted molar refractivity (Wildman–Crippen MR) is 79.2 cm³/mol. The van der Waals surface area contributed by atoms with E-state index in [2.05, 4.69) is 5.32 Å². The van der Waals surface area contributed by atoms with Crippen LogP contribution in [0.1, 0.15) is 23.8 Å². The van der Waals surface area contributed by atoms with Crippen LogP contribution in [0.3, 0.4) is 0 Å². The molecule has 0 amide bonds. The third kappa shape index (κ3) is 6.52. The molecule has 1 N–H and O–H groups in total. The summed E-state index contributed by atoms with van der Waals surface area (Å²) in [4.78, 5) is 0. The van der Waals surface area contributed by atoms with Crippen molar-refractivity contribution >= 4 is 9.84 Å². The van der Waals surface area contributed by atoms with Crippen LogP contribution in [0.5, 0.6) is 0 Å². The molecule has 1 aromatic rings. The maximum atomic E-state index is 13.7. The van der Waals surface area contributed by atoms with Crippen molar-refractivity contribution < 1.29 is 22.3 Å². The highest BCUT2D eigenvalue weighted by Gasteiger charge is 2.12. The molecule has 0 spiro atoms. The number of ether oxygens (including phenoxy) is 2. The minimum atomic E-state index is -2.95. The Morgan fingerprint density at radius 1 is 1.29 bits per heavy atom. The van der Waals surface area contributed by atoms with Gasteiger partial charge >= 0.3 is 0 Å². The van der Waals surface area contributed by atoms with Crippen LogP contribution >= 0.6 is 0 Å². The minimum absolute atomic E-state index is 0.123. The average Bonchev–Trinajstić information content (AvgIpc) is 2.41. The smallest absolute Gasteiger partial charge is 0.183 e. The highest BCUT2D eigenvalue weighted by Crippen LogP contribution is 2.20. The fraction of sp³-hybridized carbons (Fsp3) is 0.571. The van der Waals surface area contributed by atoms with Crippen molar-refractivity contribution in [2.75, 3.05) is 32.8 Å². The van der Waals surface area contributed by atoms with E-state index < -0.39 is 16.1 Å². The van der Waals surface area contributed by atoms with Crippen molar-refractivity contribution in [3.63, 3.8) is 0 Å². The summed E-state index contributed by atoms with van der Waals surface area (Å²) in [5.41, 5.74) is 1.22. The molecule has 0 radical (unpaired) electrons. The highest BCUT2D eigenvalue weighted by atomic mass is 32.2. The van der Waals surface area contributed by atoms with Crippen LogP contribution < -0.4 is 5.32 Å². The minimum Gasteiger partial charge on any atom is -0.352 e. The van der Waals surface area contributed by atoms with E-state index in [1.54, 1.807) is 12.1 Å². The summed E-state index contributed by atoms with van der Waals surface area (Å²) in [6, 6.07) is 4.66. The molecule has 0 aromatic heterocycles. The topological polar surface area (TPSA) is 64.6 Å². The van der Waals surface area contributed by atoms with E-state index in [1.165, 1.54) is 26.5 Å². The Labute approximate surface area is 125 Å². The molecule has 0 saturated heterocycles. The van der Waals surface area contributed by atoms with Gasteiger partial charge in [-0.25, -0.2) is 12.8 Å². The molecule has 0 aliphatic carbocycles. The Morgan fingerprint density at radius 3 is 2.52 bits per heavy atom. The summed E-state index contributed by atoms with van der Waals surface area (Å²) in [6.07, 6.45) is 1.17. The Kier molecular flexibility index (Phi) is 7.24. The number of benzene rings is 1. The van der Waals surface area contributed by atoms with Gasteiger partial charge in [-0.2, -0.15) is 0 Å². The van der Waals surface area contributed by atoms with E-state index in [-0.39, 0.29) is 11.6 Å². The molecule has 1 rings (SSSR count). The summed E-state index contributed by atoms with van der Waals surface area (Å²) >= 11 is 0. The summed E-state index contributed by atoms with van der Waals surface area (Å²) in [6.45, 7) is 0.832. The second-order valence-electron chi connectivity index (χ2n) is 4.81. The molecule has 0 aliphatic rings. The summed E-state index contributed by atoms with van der Waals surface area (Å²) < 4.78 is 46.0. The molecule has 0 atom stereocenters. The number of nitrogens with one attached hydrogen (secondary N) is 1. The van der Waals surface area contributed by atoms with E-state index >= 15 is 0 Å². The Morgan fingerprint density at radius 2 is 1.95 bits per heavy atom. The van der Waals surface area contributed by atoms with Gasteiger partial charge in [0.15, 0.2) is 6.29 Å². The number of hydrogen-bond acceptors (Lipinski definition) is 5.